The second-order valence-corrected chi connectivity index (χ2v) is 8.81. The molecule has 0 aliphatic carbocycles. The van der Waals surface area contributed by atoms with Crippen molar-refractivity contribution in [3.63, 3.8) is 0 Å². The van der Waals surface area contributed by atoms with Gasteiger partial charge in [0.2, 0.25) is 5.91 Å². The van der Waals surface area contributed by atoms with Crippen LogP contribution in [0.1, 0.15) is 63.5 Å². The van der Waals surface area contributed by atoms with Gasteiger partial charge in [-0.15, -0.1) is 0 Å². The minimum absolute atomic E-state index is 0.297. The Hall–Kier alpha value is -2.28. The molecule has 0 spiro atoms. The van der Waals surface area contributed by atoms with Crippen LogP contribution in [-0.2, 0) is 4.79 Å². The Kier molecular flexibility index (Phi) is 9.65. The summed E-state index contributed by atoms with van der Waals surface area (Å²) in [5, 5.41) is 7.01. The lowest BCUT2D eigenvalue weighted by Gasteiger charge is -2.35. The Labute approximate surface area is 193 Å². The molecule has 3 rings (SSSR count). The van der Waals surface area contributed by atoms with E-state index in [1.165, 1.54) is 24.8 Å². The van der Waals surface area contributed by atoms with Gasteiger partial charge in [0.1, 0.15) is 5.75 Å². The number of amides is 1. The highest BCUT2D eigenvalue weighted by molar-refractivity contribution is 5.80. The first kappa shape index (κ1) is 24.4. The Morgan fingerprint density at radius 1 is 1.09 bits per heavy atom. The lowest BCUT2D eigenvalue weighted by atomic mass is 10.0. The molecule has 0 radical (unpaired) electrons. The summed E-state index contributed by atoms with van der Waals surface area (Å²) in [4.78, 5) is 21.2. The first-order valence-electron chi connectivity index (χ1n) is 12.3. The van der Waals surface area contributed by atoms with E-state index in [1.54, 1.807) is 7.11 Å². The molecule has 2 N–H and O–H groups in total. The molecule has 2 heterocycles. The van der Waals surface area contributed by atoms with Gasteiger partial charge in [-0.1, -0.05) is 25.5 Å². The maximum atomic E-state index is 12.1. The van der Waals surface area contributed by atoms with Crippen LogP contribution >= 0.6 is 0 Å². The summed E-state index contributed by atoms with van der Waals surface area (Å²) in [6, 6.07) is 9.05. The van der Waals surface area contributed by atoms with Crippen molar-refractivity contribution in [2.24, 2.45) is 4.99 Å². The van der Waals surface area contributed by atoms with E-state index in [-0.39, 0.29) is 0 Å². The zero-order valence-corrected chi connectivity index (χ0v) is 20.1. The Bertz CT molecular complexity index is 730. The Morgan fingerprint density at radius 2 is 1.84 bits per heavy atom. The fourth-order valence-corrected chi connectivity index (χ4v) is 4.92. The normalized spacial score (nSPS) is 19.7. The maximum absolute atomic E-state index is 12.1. The molecule has 2 unspecified atom stereocenters. The lowest BCUT2D eigenvalue weighted by Crippen LogP contribution is -2.45. The smallest absolute Gasteiger partial charge is 0.222 e. The van der Waals surface area contributed by atoms with E-state index in [0.29, 0.717) is 24.4 Å². The number of likely N-dealkylation sites (tertiary alicyclic amines) is 2. The zero-order chi connectivity index (χ0) is 22.8. The van der Waals surface area contributed by atoms with Crippen LogP contribution in [0, 0.1) is 0 Å². The number of guanidine groups is 1. The third kappa shape index (κ3) is 6.61. The maximum Gasteiger partial charge on any atom is 0.222 e. The summed E-state index contributed by atoms with van der Waals surface area (Å²) in [5.41, 5.74) is 1.30. The minimum atomic E-state index is 0.297. The number of rotatable bonds is 10. The van der Waals surface area contributed by atoms with Crippen molar-refractivity contribution in [3.8, 4) is 5.75 Å². The standard InChI is InChI=1S/C25H41N5O2/c1-4-21(30-18-8-9-24(30)31)14-15-27-25(26-2)28-19-23(29-16-6-5-7-17-29)20-10-12-22(32-3)13-11-20/h10-13,21,23H,4-9,14-19H2,1-3H3,(H2,26,27,28). The van der Waals surface area contributed by atoms with Crippen LogP contribution in [0.25, 0.3) is 0 Å². The van der Waals surface area contributed by atoms with E-state index in [1.807, 2.05) is 19.2 Å². The van der Waals surface area contributed by atoms with Gasteiger partial charge in [-0.05, 0) is 62.9 Å². The number of nitrogens with zero attached hydrogens (tertiary/aromatic N) is 3. The number of piperidine rings is 1. The van der Waals surface area contributed by atoms with Crippen molar-refractivity contribution in [2.45, 2.75) is 64.0 Å². The molecule has 1 amide bonds. The van der Waals surface area contributed by atoms with Crippen LogP contribution in [0.3, 0.4) is 0 Å². The molecular weight excluding hydrogens is 402 g/mol. The Balaban J connectivity index is 1.55. The van der Waals surface area contributed by atoms with Gasteiger partial charge < -0.3 is 20.3 Å². The van der Waals surface area contributed by atoms with Crippen LogP contribution in [-0.4, -0.2) is 74.6 Å². The molecule has 2 atom stereocenters. The molecular formula is C25H41N5O2. The highest BCUT2D eigenvalue weighted by Gasteiger charge is 2.26. The second-order valence-electron chi connectivity index (χ2n) is 8.81. The number of ether oxygens (including phenoxy) is 1. The number of carbonyl (C=O) groups excluding carboxylic acids is 1. The van der Waals surface area contributed by atoms with Crippen molar-refractivity contribution in [1.29, 1.82) is 0 Å². The molecule has 0 aromatic heterocycles. The zero-order valence-electron chi connectivity index (χ0n) is 20.1. The van der Waals surface area contributed by atoms with E-state index < -0.39 is 0 Å². The average molecular weight is 444 g/mol. The molecule has 2 aliphatic heterocycles. The van der Waals surface area contributed by atoms with Crippen LogP contribution in [0.4, 0.5) is 0 Å². The summed E-state index contributed by atoms with van der Waals surface area (Å²) in [6.45, 7) is 6.94. The number of aliphatic imine (C=N–C) groups is 1. The van der Waals surface area contributed by atoms with Crippen LogP contribution in [0.15, 0.2) is 29.3 Å². The predicted octanol–water partition coefficient (Wildman–Crippen LogP) is 3.18. The molecule has 1 aromatic rings. The van der Waals surface area contributed by atoms with E-state index in [0.717, 1.165) is 63.7 Å². The number of carbonyl (C=O) groups is 1. The molecule has 2 aliphatic rings. The molecule has 1 aromatic carbocycles. The minimum Gasteiger partial charge on any atom is -0.497 e. The first-order valence-corrected chi connectivity index (χ1v) is 12.3. The highest BCUT2D eigenvalue weighted by Crippen LogP contribution is 2.26. The summed E-state index contributed by atoms with van der Waals surface area (Å²) >= 11 is 0. The van der Waals surface area contributed by atoms with Gasteiger partial charge in [0.05, 0.1) is 13.2 Å². The monoisotopic (exact) mass is 443 g/mol. The summed E-state index contributed by atoms with van der Waals surface area (Å²) in [5.74, 6) is 2.02. The summed E-state index contributed by atoms with van der Waals surface area (Å²) in [6.07, 6.45) is 7.47. The fraction of sp³-hybridized carbons (Fsp3) is 0.680. The number of hydrogen-bond donors (Lipinski definition) is 2. The number of hydrogen-bond acceptors (Lipinski definition) is 4. The van der Waals surface area contributed by atoms with Gasteiger partial charge in [0.15, 0.2) is 5.96 Å². The second kappa shape index (κ2) is 12.7. The third-order valence-corrected chi connectivity index (χ3v) is 6.81. The van der Waals surface area contributed by atoms with E-state index in [9.17, 15) is 4.79 Å². The molecule has 178 valence electrons. The SMILES string of the molecule is CCC(CCNC(=NC)NCC(c1ccc(OC)cc1)N1CCCCC1)N1CCCC1=O. The van der Waals surface area contributed by atoms with Crippen molar-refractivity contribution in [3.05, 3.63) is 29.8 Å². The van der Waals surface area contributed by atoms with Crippen molar-refractivity contribution in [1.82, 2.24) is 20.4 Å². The van der Waals surface area contributed by atoms with Crippen molar-refractivity contribution < 1.29 is 9.53 Å². The average Bonchev–Trinajstić information content (AvgIpc) is 3.27. The molecule has 7 nitrogen and oxygen atoms in total. The van der Waals surface area contributed by atoms with Crippen LogP contribution in [0.5, 0.6) is 5.75 Å². The molecule has 32 heavy (non-hydrogen) atoms. The molecule has 7 heteroatoms. The molecule has 0 saturated carbocycles. The van der Waals surface area contributed by atoms with Crippen LogP contribution < -0.4 is 15.4 Å². The summed E-state index contributed by atoms with van der Waals surface area (Å²) in [7, 11) is 3.52. The number of benzene rings is 1. The van der Waals surface area contributed by atoms with Gasteiger partial charge in [-0.3, -0.25) is 14.7 Å². The molecule has 2 fully saturated rings. The van der Waals surface area contributed by atoms with Gasteiger partial charge in [-0.2, -0.15) is 0 Å². The van der Waals surface area contributed by atoms with Crippen LogP contribution in [0.2, 0.25) is 0 Å². The number of nitrogens with one attached hydrogen (secondary N) is 2. The largest absolute Gasteiger partial charge is 0.497 e. The quantitative estimate of drug-likeness (QED) is 0.429. The van der Waals surface area contributed by atoms with Gasteiger partial charge in [0, 0.05) is 39.1 Å². The van der Waals surface area contributed by atoms with Crippen molar-refractivity contribution >= 4 is 11.9 Å². The van der Waals surface area contributed by atoms with E-state index >= 15 is 0 Å². The van der Waals surface area contributed by atoms with Gasteiger partial charge in [0.25, 0.3) is 0 Å². The molecule has 0 bridgehead atoms. The topological polar surface area (TPSA) is 69.2 Å². The van der Waals surface area contributed by atoms with Gasteiger partial charge in [-0.25, -0.2) is 0 Å². The van der Waals surface area contributed by atoms with Gasteiger partial charge >= 0.3 is 0 Å². The first-order chi connectivity index (χ1) is 15.7. The predicted molar refractivity (Wildman–Crippen MR) is 130 cm³/mol. The molecule has 2 saturated heterocycles. The Morgan fingerprint density at radius 3 is 2.44 bits per heavy atom. The lowest BCUT2D eigenvalue weighted by molar-refractivity contribution is -0.129. The highest BCUT2D eigenvalue weighted by atomic mass is 16.5. The van der Waals surface area contributed by atoms with E-state index in [2.05, 4.69) is 44.5 Å². The number of methoxy groups -OCH3 is 1. The summed E-state index contributed by atoms with van der Waals surface area (Å²) < 4.78 is 5.34. The third-order valence-electron chi connectivity index (χ3n) is 6.81. The van der Waals surface area contributed by atoms with Crippen molar-refractivity contribution in [2.75, 3.05) is 46.9 Å². The fourth-order valence-electron chi connectivity index (χ4n) is 4.92. The van der Waals surface area contributed by atoms with E-state index in [4.69, 9.17) is 4.74 Å².